The molecule has 0 radical (unpaired) electrons. The number of halogens is 2. The van der Waals surface area contributed by atoms with Crippen molar-refractivity contribution in [1.82, 2.24) is 4.98 Å². The predicted molar refractivity (Wildman–Crippen MR) is 135 cm³/mol. The van der Waals surface area contributed by atoms with Crippen LogP contribution in [0.4, 0.5) is 8.78 Å². The van der Waals surface area contributed by atoms with Crippen LogP contribution < -0.4 is 0 Å². The van der Waals surface area contributed by atoms with Gasteiger partial charge in [-0.05, 0) is 89.5 Å². The molecule has 0 N–H and O–H groups in total. The first-order valence-electron chi connectivity index (χ1n) is 12.8. The highest BCUT2D eigenvalue weighted by Crippen LogP contribution is 2.49. The van der Waals surface area contributed by atoms with Crippen LogP contribution in [0.5, 0.6) is 0 Å². The van der Waals surface area contributed by atoms with Crippen LogP contribution in [0.2, 0.25) is 0 Å². The summed E-state index contributed by atoms with van der Waals surface area (Å²) in [6.45, 7) is 4.49. The van der Waals surface area contributed by atoms with Gasteiger partial charge in [0.05, 0.1) is 5.69 Å². The molecule has 0 amide bonds. The second-order valence-electron chi connectivity index (χ2n) is 11.7. The molecule has 2 fully saturated rings. The van der Waals surface area contributed by atoms with Crippen LogP contribution in [0.25, 0.3) is 16.8 Å². The smallest absolute Gasteiger partial charge is 0.248 e. The van der Waals surface area contributed by atoms with E-state index in [9.17, 15) is 13.6 Å². The van der Waals surface area contributed by atoms with E-state index >= 15 is 0 Å². The number of rotatable bonds is 4. The first kappa shape index (κ1) is 22.6. The van der Waals surface area contributed by atoms with E-state index in [1.165, 1.54) is 16.7 Å². The predicted octanol–water partition coefficient (Wildman–Crippen LogP) is 7.54. The molecule has 0 bridgehead atoms. The Kier molecular flexibility index (Phi) is 5.21. The highest BCUT2D eigenvalue weighted by atomic mass is 19.3. The van der Waals surface area contributed by atoms with Gasteiger partial charge in [-0.3, -0.25) is 9.78 Å². The van der Waals surface area contributed by atoms with E-state index in [0.717, 1.165) is 47.2 Å². The van der Waals surface area contributed by atoms with Crippen LogP contribution >= 0.6 is 0 Å². The first-order valence-corrected chi connectivity index (χ1v) is 12.8. The minimum Gasteiger partial charge on any atom is -0.294 e. The average molecular weight is 472 g/mol. The highest BCUT2D eigenvalue weighted by Gasteiger charge is 2.40. The van der Waals surface area contributed by atoms with Crippen molar-refractivity contribution < 1.29 is 13.6 Å². The summed E-state index contributed by atoms with van der Waals surface area (Å²) >= 11 is 0. The lowest BCUT2D eigenvalue weighted by molar-refractivity contribution is -0.117. The third-order valence-electron chi connectivity index (χ3n) is 8.26. The van der Waals surface area contributed by atoms with E-state index in [-0.39, 0.29) is 35.9 Å². The van der Waals surface area contributed by atoms with Crippen LogP contribution in [0.15, 0.2) is 65.9 Å². The van der Waals surface area contributed by atoms with Gasteiger partial charge in [0.1, 0.15) is 0 Å². The number of pyridine rings is 1. The molecule has 2 aromatic rings. The van der Waals surface area contributed by atoms with Gasteiger partial charge in [-0.15, -0.1) is 0 Å². The molecule has 6 rings (SSSR count). The standard InChI is InChI=1S/C31H31F2NO/c1-30(2)16-24-12-23(14-29(35)27(24)17-30)25-7-6-21-4-5-22(13-26(21)25)28-8-3-20(18-34-28)11-19-9-10-31(32,33)15-19/h3-5,7-8,12-14,18-19,27H,6,9-11,15-17H2,1-2H3. The average Bonchev–Trinajstić information content (AvgIpc) is 3.47. The summed E-state index contributed by atoms with van der Waals surface area (Å²) in [4.78, 5) is 17.6. The quantitative estimate of drug-likeness (QED) is 0.461. The summed E-state index contributed by atoms with van der Waals surface area (Å²) in [6.07, 6.45) is 12.2. The van der Waals surface area contributed by atoms with Crippen molar-refractivity contribution in [2.24, 2.45) is 17.3 Å². The zero-order valence-electron chi connectivity index (χ0n) is 20.4. The zero-order chi connectivity index (χ0) is 24.4. The molecule has 0 aliphatic heterocycles. The Morgan fingerprint density at radius 3 is 2.69 bits per heavy atom. The third kappa shape index (κ3) is 4.32. The van der Waals surface area contributed by atoms with E-state index in [2.05, 4.69) is 49.2 Å². The lowest BCUT2D eigenvalue weighted by Crippen LogP contribution is -2.15. The van der Waals surface area contributed by atoms with E-state index in [0.29, 0.717) is 12.8 Å². The van der Waals surface area contributed by atoms with Gasteiger partial charge in [0.25, 0.3) is 0 Å². The number of allylic oxidation sites excluding steroid dienone is 6. The Bertz CT molecular complexity index is 1300. The second kappa shape index (κ2) is 8.08. The number of benzene rings is 1. The molecule has 0 saturated heterocycles. The number of carbonyl (C=O) groups is 1. The van der Waals surface area contributed by atoms with Gasteiger partial charge in [-0.25, -0.2) is 8.78 Å². The summed E-state index contributed by atoms with van der Waals surface area (Å²) in [7, 11) is 0. The minimum absolute atomic E-state index is 0.00524. The van der Waals surface area contributed by atoms with Crippen molar-refractivity contribution in [2.45, 2.75) is 64.7 Å². The third-order valence-corrected chi connectivity index (χ3v) is 8.26. The van der Waals surface area contributed by atoms with E-state index < -0.39 is 5.92 Å². The molecule has 4 aliphatic rings. The Labute approximate surface area is 205 Å². The molecule has 1 heterocycles. The number of fused-ring (bicyclic) bond motifs is 2. The van der Waals surface area contributed by atoms with Gasteiger partial charge in [0, 0.05) is 30.5 Å². The Balaban J connectivity index is 1.23. The topological polar surface area (TPSA) is 30.0 Å². The second-order valence-corrected chi connectivity index (χ2v) is 11.7. The summed E-state index contributed by atoms with van der Waals surface area (Å²) in [6, 6.07) is 10.5. The van der Waals surface area contributed by atoms with Crippen LogP contribution in [-0.2, 0) is 17.6 Å². The van der Waals surface area contributed by atoms with Gasteiger partial charge in [0.15, 0.2) is 5.78 Å². The largest absolute Gasteiger partial charge is 0.294 e. The molecule has 1 aromatic heterocycles. The number of aromatic nitrogens is 1. The van der Waals surface area contributed by atoms with Crippen LogP contribution in [0, 0.1) is 17.3 Å². The molecule has 1 aromatic carbocycles. The maximum absolute atomic E-state index is 13.5. The Hall–Kier alpha value is -2.88. The maximum Gasteiger partial charge on any atom is 0.248 e. The molecule has 4 heteroatoms. The Morgan fingerprint density at radius 1 is 1.09 bits per heavy atom. The molecule has 2 atom stereocenters. The summed E-state index contributed by atoms with van der Waals surface area (Å²) in [5.74, 6) is -2.17. The maximum atomic E-state index is 13.5. The minimum atomic E-state index is -2.50. The number of carbonyl (C=O) groups excluding carboxylic acids is 1. The lowest BCUT2D eigenvalue weighted by atomic mass is 9.85. The fraction of sp³-hybridized carbons (Fsp3) is 0.419. The van der Waals surface area contributed by atoms with Crippen molar-refractivity contribution in [3.05, 3.63) is 82.6 Å². The number of hydrogen-bond donors (Lipinski definition) is 0. The fourth-order valence-corrected chi connectivity index (χ4v) is 6.54. The normalized spacial score (nSPS) is 26.2. The van der Waals surface area contributed by atoms with Gasteiger partial charge in [-0.2, -0.15) is 0 Å². The van der Waals surface area contributed by atoms with Crippen LogP contribution in [0.3, 0.4) is 0 Å². The highest BCUT2D eigenvalue weighted by molar-refractivity contribution is 6.02. The van der Waals surface area contributed by atoms with E-state index in [4.69, 9.17) is 0 Å². The van der Waals surface area contributed by atoms with E-state index in [1.54, 1.807) is 0 Å². The van der Waals surface area contributed by atoms with Gasteiger partial charge in [-0.1, -0.05) is 49.8 Å². The fourth-order valence-electron chi connectivity index (χ4n) is 6.54. The summed E-state index contributed by atoms with van der Waals surface area (Å²) in [5.41, 5.74) is 9.01. The van der Waals surface area contributed by atoms with Gasteiger partial charge in [0.2, 0.25) is 5.92 Å². The molecule has 0 spiro atoms. The number of ketones is 1. The van der Waals surface area contributed by atoms with Crippen molar-refractivity contribution in [2.75, 3.05) is 0 Å². The number of alkyl halides is 2. The molecule has 2 saturated carbocycles. The van der Waals surface area contributed by atoms with E-state index in [1.807, 2.05) is 24.4 Å². The van der Waals surface area contributed by atoms with Crippen molar-refractivity contribution in [1.29, 1.82) is 0 Å². The SMILES string of the molecule is CC1(C)CC2=CC(C3=CCc4ccc(-c5ccc(CC6CCC(F)(F)C6)cn5)cc43)=CC(=O)C2C1. The number of hydrogen-bond acceptors (Lipinski definition) is 2. The molecule has 35 heavy (non-hydrogen) atoms. The van der Waals surface area contributed by atoms with Crippen molar-refractivity contribution in [3.8, 4) is 11.3 Å². The van der Waals surface area contributed by atoms with Crippen LogP contribution in [0.1, 0.15) is 62.6 Å². The number of nitrogens with zero attached hydrogens (tertiary/aromatic N) is 1. The molecule has 2 nitrogen and oxygen atoms in total. The zero-order valence-corrected chi connectivity index (χ0v) is 20.4. The molecule has 180 valence electrons. The lowest BCUT2D eigenvalue weighted by Gasteiger charge is -2.18. The summed E-state index contributed by atoms with van der Waals surface area (Å²) in [5, 5.41) is 0. The molecular weight excluding hydrogens is 440 g/mol. The molecular formula is C31H31F2NO. The monoisotopic (exact) mass is 471 g/mol. The molecule has 2 unspecified atom stereocenters. The van der Waals surface area contributed by atoms with Gasteiger partial charge >= 0.3 is 0 Å². The van der Waals surface area contributed by atoms with Crippen molar-refractivity contribution in [3.63, 3.8) is 0 Å². The Morgan fingerprint density at radius 2 is 1.94 bits per heavy atom. The van der Waals surface area contributed by atoms with Gasteiger partial charge < -0.3 is 0 Å². The van der Waals surface area contributed by atoms with Crippen molar-refractivity contribution >= 4 is 11.4 Å². The van der Waals surface area contributed by atoms with Crippen LogP contribution in [-0.4, -0.2) is 16.7 Å². The molecule has 4 aliphatic carbocycles. The summed E-state index contributed by atoms with van der Waals surface area (Å²) < 4.78 is 27.1. The first-order chi connectivity index (χ1) is 16.7.